The zero-order valence-electron chi connectivity index (χ0n) is 12.6. The van der Waals surface area contributed by atoms with Crippen molar-refractivity contribution in [3.63, 3.8) is 0 Å². The SMILES string of the molecule is Nc1nc(N)c2nc(CN3CCCc4ccccc43)cnc2n1. The second-order valence-electron chi connectivity index (χ2n) is 5.65. The van der Waals surface area contributed by atoms with Crippen molar-refractivity contribution in [3.05, 3.63) is 41.7 Å². The van der Waals surface area contributed by atoms with Crippen molar-refractivity contribution in [2.75, 3.05) is 22.9 Å². The summed E-state index contributed by atoms with van der Waals surface area (Å²) in [4.78, 5) is 19.2. The van der Waals surface area contributed by atoms with Crippen molar-refractivity contribution in [2.24, 2.45) is 0 Å². The van der Waals surface area contributed by atoms with E-state index in [1.54, 1.807) is 6.20 Å². The van der Waals surface area contributed by atoms with Crippen molar-refractivity contribution < 1.29 is 0 Å². The van der Waals surface area contributed by atoms with Crippen LogP contribution >= 0.6 is 0 Å². The van der Waals surface area contributed by atoms with Gasteiger partial charge in [0, 0.05) is 12.2 Å². The highest BCUT2D eigenvalue weighted by Crippen LogP contribution is 2.28. The molecule has 1 aliphatic rings. The minimum Gasteiger partial charge on any atom is -0.382 e. The summed E-state index contributed by atoms with van der Waals surface area (Å²) in [5.74, 6) is 0.378. The predicted molar refractivity (Wildman–Crippen MR) is 89.8 cm³/mol. The zero-order chi connectivity index (χ0) is 15.8. The molecule has 0 fully saturated rings. The molecule has 7 heteroatoms. The Morgan fingerprint density at radius 1 is 1.09 bits per heavy atom. The van der Waals surface area contributed by atoms with Gasteiger partial charge >= 0.3 is 0 Å². The Balaban J connectivity index is 1.69. The molecule has 1 aromatic carbocycles. The lowest BCUT2D eigenvalue weighted by molar-refractivity contribution is 0.683. The smallest absolute Gasteiger partial charge is 0.224 e. The van der Waals surface area contributed by atoms with Gasteiger partial charge in [-0.15, -0.1) is 0 Å². The Labute approximate surface area is 133 Å². The van der Waals surface area contributed by atoms with Gasteiger partial charge in [-0.1, -0.05) is 18.2 Å². The fourth-order valence-corrected chi connectivity index (χ4v) is 3.03. The van der Waals surface area contributed by atoms with Crippen LogP contribution < -0.4 is 16.4 Å². The number of hydrogen-bond acceptors (Lipinski definition) is 7. The predicted octanol–water partition coefficient (Wildman–Crippen LogP) is 1.54. The van der Waals surface area contributed by atoms with Gasteiger partial charge in [-0.3, -0.25) is 0 Å². The quantitative estimate of drug-likeness (QED) is 0.739. The molecule has 0 saturated carbocycles. The van der Waals surface area contributed by atoms with Gasteiger partial charge in [0.2, 0.25) is 5.95 Å². The number of benzene rings is 1. The van der Waals surface area contributed by atoms with Crippen molar-refractivity contribution in [1.82, 2.24) is 19.9 Å². The number of fused-ring (bicyclic) bond motifs is 2. The lowest BCUT2D eigenvalue weighted by Gasteiger charge is -2.30. The number of anilines is 3. The molecule has 0 spiro atoms. The van der Waals surface area contributed by atoms with Crippen LogP contribution in [-0.4, -0.2) is 26.5 Å². The molecule has 0 radical (unpaired) electrons. The summed E-state index contributed by atoms with van der Waals surface area (Å²) >= 11 is 0. The molecular weight excluding hydrogens is 290 g/mol. The maximum atomic E-state index is 5.89. The summed E-state index contributed by atoms with van der Waals surface area (Å²) in [6.45, 7) is 1.69. The van der Waals surface area contributed by atoms with E-state index in [9.17, 15) is 0 Å². The fourth-order valence-electron chi connectivity index (χ4n) is 3.03. The normalized spacial score (nSPS) is 14.0. The highest BCUT2D eigenvalue weighted by molar-refractivity contribution is 5.81. The van der Waals surface area contributed by atoms with Crippen LogP contribution in [0.2, 0.25) is 0 Å². The van der Waals surface area contributed by atoms with E-state index in [1.165, 1.54) is 11.3 Å². The summed E-state index contributed by atoms with van der Waals surface area (Å²) in [7, 11) is 0. The lowest BCUT2D eigenvalue weighted by atomic mass is 10.0. The van der Waals surface area contributed by atoms with Crippen LogP contribution in [0.5, 0.6) is 0 Å². The number of aromatic nitrogens is 4. The van der Waals surface area contributed by atoms with Gasteiger partial charge < -0.3 is 16.4 Å². The number of aryl methyl sites for hydroxylation is 1. The second-order valence-corrected chi connectivity index (χ2v) is 5.65. The van der Waals surface area contributed by atoms with Gasteiger partial charge in [-0.25, -0.2) is 9.97 Å². The number of rotatable bonds is 2. The van der Waals surface area contributed by atoms with E-state index in [4.69, 9.17) is 11.5 Å². The van der Waals surface area contributed by atoms with Crippen LogP contribution in [0.4, 0.5) is 17.5 Å². The van der Waals surface area contributed by atoms with Crippen LogP contribution in [0.25, 0.3) is 11.2 Å². The number of nitrogens with zero attached hydrogens (tertiary/aromatic N) is 5. The number of nitrogen functional groups attached to an aromatic ring is 2. The largest absolute Gasteiger partial charge is 0.382 e. The van der Waals surface area contributed by atoms with E-state index in [0.717, 1.165) is 25.1 Å². The maximum absolute atomic E-state index is 5.89. The molecule has 116 valence electrons. The summed E-state index contributed by atoms with van der Waals surface area (Å²) in [5, 5.41) is 0. The maximum Gasteiger partial charge on any atom is 0.224 e. The average molecular weight is 307 g/mol. The molecule has 3 heterocycles. The molecular formula is C16H17N7. The molecule has 1 aliphatic heterocycles. The second kappa shape index (κ2) is 5.35. The van der Waals surface area contributed by atoms with Gasteiger partial charge in [-0.2, -0.15) is 9.97 Å². The number of para-hydroxylation sites is 1. The van der Waals surface area contributed by atoms with Gasteiger partial charge in [0.05, 0.1) is 18.4 Å². The van der Waals surface area contributed by atoms with E-state index in [0.29, 0.717) is 17.7 Å². The molecule has 3 aromatic rings. The van der Waals surface area contributed by atoms with E-state index in [1.807, 2.05) is 0 Å². The molecule has 0 bridgehead atoms. The first kappa shape index (κ1) is 13.7. The number of nitrogens with two attached hydrogens (primary N) is 2. The zero-order valence-corrected chi connectivity index (χ0v) is 12.6. The Morgan fingerprint density at radius 3 is 2.87 bits per heavy atom. The summed E-state index contributed by atoms with van der Waals surface area (Å²) in [6.07, 6.45) is 3.99. The van der Waals surface area contributed by atoms with Crippen LogP contribution in [0, 0.1) is 0 Å². The number of hydrogen-bond donors (Lipinski definition) is 2. The topological polar surface area (TPSA) is 107 Å². The first-order valence-electron chi connectivity index (χ1n) is 7.58. The van der Waals surface area contributed by atoms with Gasteiger partial charge in [-0.05, 0) is 24.5 Å². The summed E-state index contributed by atoms with van der Waals surface area (Å²) < 4.78 is 0. The molecule has 0 saturated heterocycles. The minimum absolute atomic E-state index is 0.113. The Bertz CT molecular complexity index is 877. The van der Waals surface area contributed by atoms with E-state index in [-0.39, 0.29) is 11.8 Å². The van der Waals surface area contributed by atoms with Crippen LogP contribution in [0.1, 0.15) is 17.7 Å². The van der Waals surface area contributed by atoms with Crippen LogP contribution in [0.15, 0.2) is 30.5 Å². The first-order chi connectivity index (χ1) is 11.2. The molecule has 2 aromatic heterocycles. The first-order valence-corrected chi connectivity index (χ1v) is 7.58. The van der Waals surface area contributed by atoms with Crippen molar-refractivity contribution in [1.29, 1.82) is 0 Å². The molecule has 0 atom stereocenters. The van der Waals surface area contributed by atoms with Gasteiger partial charge in [0.1, 0.15) is 0 Å². The van der Waals surface area contributed by atoms with Crippen molar-refractivity contribution in [2.45, 2.75) is 19.4 Å². The van der Waals surface area contributed by atoms with Gasteiger partial charge in [0.15, 0.2) is 17.0 Å². The Hall–Kier alpha value is -2.96. The van der Waals surface area contributed by atoms with E-state index in [2.05, 4.69) is 49.1 Å². The third-order valence-corrected chi connectivity index (χ3v) is 4.06. The van der Waals surface area contributed by atoms with Crippen LogP contribution in [-0.2, 0) is 13.0 Å². The Kier molecular flexibility index (Phi) is 3.18. The highest BCUT2D eigenvalue weighted by atomic mass is 15.2. The average Bonchev–Trinajstić information content (AvgIpc) is 2.56. The fraction of sp³-hybridized carbons (Fsp3) is 0.250. The molecule has 7 nitrogen and oxygen atoms in total. The Morgan fingerprint density at radius 2 is 1.96 bits per heavy atom. The standard InChI is InChI=1S/C16H17N7/c17-14-13-15(22-16(18)21-14)19-8-11(20-13)9-23-7-3-5-10-4-1-2-6-12(10)23/h1-2,4,6,8H,3,5,7,9H2,(H4,17,18,19,21,22). The third-order valence-electron chi connectivity index (χ3n) is 4.06. The summed E-state index contributed by atoms with van der Waals surface area (Å²) in [6, 6.07) is 8.49. The molecule has 0 unspecified atom stereocenters. The van der Waals surface area contributed by atoms with E-state index < -0.39 is 0 Å². The van der Waals surface area contributed by atoms with E-state index >= 15 is 0 Å². The van der Waals surface area contributed by atoms with Gasteiger partial charge in [0.25, 0.3) is 0 Å². The summed E-state index contributed by atoms with van der Waals surface area (Å²) in [5.41, 5.74) is 15.9. The van der Waals surface area contributed by atoms with Crippen molar-refractivity contribution in [3.8, 4) is 0 Å². The molecule has 0 amide bonds. The molecule has 0 aliphatic carbocycles. The minimum atomic E-state index is 0.113. The molecule has 4 rings (SSSR count). The lowest BCUT2D eigenvalue weighted by Crippen LogP contribution is -2.29. The highest BCUT2D eigenvalue weighted by Gasteiger charge is 2.17. The van der Waals surface area contributed by atoms with Crippen LogP contribution in [0.3, 0.4) is 0 Å². The van der Waals surface area contributed by atoms with Crippen molar-refractivity contribution >= 4 is 28.6 Å². The molecule has 23 heavy (non-hydrogen) atoms. The monoisotopic (exact) mass is 307 g/mol. The molecule has 4 N–H and O–H groups in total. The third kappa shape index (κ3) is 2.50.